The maximum absolute atomic E-state index is 11.9. The molecule has 0 radical (unpaired) electrons. The van der Waals surface area contributed by atoms with Crippen LogP contribution in [0.1, 0.15) is 44.0 Å². The van der Waals surface area contributed by atoms with Crippen LogP contribution in [-0.4, -0.2) is 33.2 Å². The molecule has 8 nitrogen and oxygen atoms in total. The number of hydrogen-bond acceptors (Lipinski definition) is 5. The van der Waals surface area contributed by atoms with Crippen LogP contribution in [0.2, 0.25) is 0 Å². The second-order valence-electron chi connectivity index (χ2n) is 5.39. The number of halogens is 1. The maximum Gasteiger partial charge on any atom is 0.312 e. The average Bonchev–Trinajstić information content (AvgIpc) is 2.75. The standard InChI is InChI=1S/C14H25N5O3.ClH/c1-4-5-6-12(9-15)16-13(20)7-8-18-11(3)14(19(21)22)10(2)17-18;/h12H,4-9,15H2,1-3H3,(H,16,20);1H. The molecule has 1 heterocycles. The van der Waals surface area contributed by atoms with Gasteiger partial charge >= 0.3 is 5.69 Å². The van der Waals surface area contributed by atoms with Crippen LogP contribution in [0.3, 0.4) is 0 Å². The van der Waals surface area contributed by atoms with E-state index < -0.39 is 4.92 Å². The molecule has 0 aliphatic carbocycles. The minimum Gasteiger partial charge on any atom is -0.352 e. The van der Waals surface area contributed by atoms with Crippen molar-refractivity contribution in [1.82, 2.24) is 15.1 Å². The van der Waals surface area contributed by atoms with Gasteiger partial charge in [-0.3, -0.25) is 19.6 Å². The van der Waals surface area contributed by atoms with Gasteiger partial charge in [-0.15, -0.1) is 12.4 Å². The summed E-state index contributed by atoms with van der Waals surface area (Å²) in [6.45, 7) is 6.05. The second kappa shape index (κ2) is 10.2. The van der Waals surface area contributed by atoms with Crippen molar-refractivity contribution in [3.63, 3.8) is 0 Å². The minimum absolute atomic E-state index is 0. The van der Waals surface area contributed by atoms with Crippen LogP contribution in [0.5, 0.6) is 0 Å². The normalized spacial score (nSPS) is 11.7. The molecule has 0 saturated heterocycles. The lowest BCUT2D eigenvalue weighted by Gasteiger charge is -2.16. The van der Waals surface area contributed by atoms with Crippen molar-refractivity contribution in [2.75, 3.05) is 6.54 Å². The molecule has 1 rings (SSSR count). The molecule has 0 aromatic carbocycles. The van der Waals surface area contributed by atoms with Gasteiger partial charge in [0.15, 0.2) is 0 Å². The van der Waals surface area contributed by atoms with E-state index in [1.807, 2.05) is 0 Å². The van der Waals surface area contributed by atoms with Crippen LogP contribution in [-0.2, 0) is 11.3 Å². The van der Waals surface area contributed by atoms with Gasteiger partial charge in [0, 0.05) is 19.0 Å². The zero-order valence-corrected chi connectivity index (χ0v) is 14.7. The van der Waals surface area contributed by atoms with Gasteiger partial charge in [-0.1, -0.05) is 19.8 Å². The number of hydrogen-bond donors (Lipinski definition) is 2. The lowest BCUT2D eigenvalue weighted by molar-refractivity contribution is -0.386. The van der Waals surface area contributed by atoms with Gasteiger partial charge in [0.05, 0.1) is 11.5 Å². The van der Waals surface area contributed by atoms with E-state index in [0.717, 1.165) is 19.3 Å². The quantitative estimate of drug-likeness (QED) is 0.522. The van der Waals surface area contributed by atoms with Gasteiger partial charge in [-0.05, 0) is 20.3 Å². The lowest BCUT2D eigenvalue weighted by atomic mass is 10.1. The molecule has 1 aromatic heterocycles. The van der Waals surface area contributed by atoms with Crippen LogP contribution in [0, 0.1) is 24.0 Å². The third kappa shape index (κ3) is 6.15. The van der Waals surface area contributed by atoms with Crippen molar-refractivity contribution in [3.05, 3.63) is 21.5 Å². The molecule has 0 aliphatic heterocycles. The van der Waals surface area contributed by atoms with Crippen LogP contribution < -0.4 is 11.1 Å². The molecule has 1 aromatic rings. The van der Waals surface area contributed by atoms with Crippen molar-refractivity contribution in [3.8, 4) is 0 Å². The maximum atomic E-state index is 11.9. The molecule has 3 N–H and O–H groups in total. The molecular formula is C14H26ClN5O3. The summed E-state index contributed by atoms with van der Waals surface area (Å²) in [5, 5.41) is 18.0. The van der Waals surface area contributed by atoms with E-state index in [-0.39, 0.29) is 36.5 Å². The smallest absolute Gasteiger partial charge is 0.312 e. The van der Waals surface area contributed by atoms with E-state index in [1.165, 1.54) is 4.68 Å². The summed E-state index contributed by atoms with van der Waals surface area (Å²) in [6, 6.07) is -0.0118. The zero-order chi connectivity index (χ0) is 16.7. The van der Waals surface area contributed by atoms with Gasteiger partial charge in [0.1, 0.15) is 11.4 Å². The molecule has 1 atom stereocenters. The third-order valence-corrected chi connectivity index (χ3v) is 3.63. The SMILES string of the molecule is CCCCC(CN)NC(=O)CCn1nc(C)c([N+](=O)[O-])c1C.Cl. The first kappa shape index (κ1) is 21.3. The Morgan fingerprint density at radius 2 is 2.13 bits per heavy atom. The Hall–Kier alpha value is -1.67. The first-order valence-corrected chi connectivity index (χ1v) is 7.58. The summed E-state index contributed by atoms with van der Waals surface area (Å²) in [6.07, 6.45) is 3.17. The molecule has 23 heavy (non-hydrogen) atoms. The average molecular weight is 348 g/mol. The fourth-order valence-electron chi connectivity index (χ4n) is 2.38. The van der Waals surface area contributed by atoms with E-state index >= 15 is 0 Å². The van der Waals surface area contributed by atoms with Gasteiger partial charge < -0.3 is 11.1 Å². The number of rotatable bonds is 9. The zero-order valence-electron chi connectivity index (χ0n) is 13.9. The monoisotopic (exact) mass is 347 g/mol. The summed E-state index contributed by atoms with van der Waals surface area (Å²) < 4.78 is 1.51. The Bertz CT molecular complexity index is 533. The van der Waals surface area contributed by atoms with Crippen LogP contribution in [0.4, 0.5) is 5.69 Å². The second-order valence-corrected chi connectivity index (χ2v) is 5.39. The number of unbranched alkanes of at least 4 members (excludes halogenated alkanes) is 1. The number of carbonyl (C=O) groups is 1. The predicted octanol–water partition coefficient (Wildman–Crippen LogP) is 1.85. The Morgan fingerprint density at radius 1 is 1.48 bits per heavy atom. The molecule has 9 heteroatoms. The number of nitrogens with zero attached hydrogens (tertiary/aromatic N) is 3. The summed E-state index contributed by atoms with van der Waals surface area (Å²) in [5.41, 5.74) is 6.49. The van der Waals surface area contributed by atoms with E-state index in [1.54, 1.807) is 13.8 Å². The van der Waals surface area contributed by atoms with Gasteiger partial charge in [-0.25, -0.2) is 0 Å². The predicted molar refractivity (Wildman–Crippen MR) is 90.7 cm³/mol. The van der Waals surface area contributed by atoms with E-state index in [9.17, 15) is 14.9 Å². The lowest BCUT2D eigenvalue weighted by Crippen LogP contribution is -2.40. The number of nitrogens with one attached hydrogen (secondary N) is 1. The first-order valence-electron chi connectivity index (χ1n) is 7.58. The van der Waals surface area contributed by atoms with E-state index in [0.29, 0.717) is 24.5 Å². The molecule has 0 bridgehead atoms. The number of aryl methyl sites for hydroxylation is 2. The molecule has 132 valence electrons. The van der Waals surface area contributed by atoms with Crippen molar-refractivity contribution in [1.29, 1.82) is 0 Å². The summed E-state index contributed by atoms with van der Waals surface area (Å²) in [5.74, 6) is -0.109. The molecule has 0 fully saturated rings. The first-order chi connectivity index (χ1) is 10.4. The van der Waals surface area contributed by atoms with E-state index in [4.69, 9.17) is 5.73 Å². The van der Waals surface area contributed by atoms with Crippen molar-refractivity contribution < 1.29 is 9.72 Å². The van der Waals surface area contributed by atoms with Gasteiger partial charge in [0.25, 0.3) is 0 Å². The number of carbonyl (C=O) groups excluding carboxylic acids is 1. The fraction of sp³-hybridized carbons (Fsp3) is 0.714. The molecule has 1 amide bonds. The topological polar surface area (TPSA) is 116 Å². The summed E-state index contributed by atoms with van der Waals surface area (Å²) in [7, 11) is 0. The molecule has 0 saturated carbocycles. The van der Waals surface area contributed by atoms with Gasteiger partial charge in [-0.2, -0.15) is 5.10 Å². The van der Waals surface area contributed by atoms with Crippen LogP contribution >= 0.6 is 12.4 Å². The Balaban J connectivity index is 0.00000484. The van der Waals surface area contributed by atoms with Gasteiger partial charge in [0.2, 0.25) is 5.91 Å². The van der Waals surface area contributed by atoms with Crippen molar-refractivity contribution in [2.24, 2.45) is 5.73 Å². The largest absolute Gasteiger partial charge is 0.352 e. The molecule has 1 unspecified atom stereocenters. The van der Waals surface area contributed by atoms with Crippen molar-refractivity contribution in [2.45, 2.75) is 59.0 Å². The number of nitrogens with two attached hydrogens (primary N) is 1. The third-order valence-electron chi connectivity index (χ3n) is 3.63. The molecule has 0 spiro atoms. The van der Waals surface area contributed by atoms with E-state index in [2.05, 4.69) is 17.3 Å². The molecule has 0 aliphatic rings. The van der Waals surface area contributed by atoms with Crippen LogP contribution in [0.15, 0.2) is 0 Å². The highest BCUT2D eigenvalue weighted by molar-refractivity contribution is 5.85. The molecular weight excluding hydrogens is 322 g/mol. The Morgan fingerprint density at radius 3 is 2.61 bits per heavy atom. The van der Waals surface area contributed by atoms with Crippen LogP contribution in [0.25, 0.3) is 0 Å². The Labute approximate surface area is 142 Å². The number of aromatic nitrogens is 2. The fourth-order valence-corrected chi connectivity index (χ4v) is 2.38. The number of nitro groups is 1. The summed E-state index contributed by atoms with van der Waals surface area (Å²) >= 11 is 0. The number of amides is 1. The Kier molecular flexibility index (Phi) is 9.43. The highest BCUT2D eigenvalue weighted by Gasteiger charge is 2.22. The van der Waals surface area contributed by atoms with Crippen molar-refractivity contribution >= 4 is 24.0 Å². The minimum atomic E-state index is -0.441. The summed E-state index contributed by atoms with van der Waals surface area (Å²) in [4.78, 5) is 22.4. The highest BCUT2D eigenvalue weighted by Crippen LogP contribution is 2.21. The highest BCUT2D eigenvalue weighted by atomic mass is 35.5.